The van der Waals surface area contributed by atoms with Crippen molar-refractivity contribution in [2.24, 2.45) is 0 Å². The van der Waals surface area contributed by atoms with Crippen LogP contribution in [0.1, 0.15) is 32.3 Å². The van der Waals surface area contributed by atoms with Crippen LogP contribution < -0.4 is 5.32 Å². The first-order valence-electron chi connectivity index (χ1n) is 5.93. The maximum Gasteiger partial charge on any atom is 0.411 e. The van der Waals surface area contributed by atoms with Crippen molar-refractivity contribution in [2.75, 3.05) is 0 Å². The Bertz CT molecular complexity index is 444. The zero-order valence-electron chi connectivity index (χ0n) is 10.6. The van der Waals surface area contributed by atoms with Crippen molar-refractivity contribution in [2.45, 2.75) is 37.8 Å². The number of carbonyl (C=O) groups is 1. The lowest BCUT2D eigenvalue weighted by atomic mass is 10.1. The smallest absolute Gasteiger partial charge is 0.403 e. The average molecular weight is 311 g/mol. The van der Waals surface area contributed by atoms with Crippen LogP contribution in [0.3, 0.4) is 0 Å². The Balaban J connectivity index is 2.04. The Morgan fingerprint density at radius 3 is 2.39 bits per heavy atom. The van der Waals surface area contributed by atoms with Gasteiger partial charge in [0, 0.05) is 18.3 Å². The van der Waals surface area contributed by atoms with Crippen molar-refractivity contribution in [3.63, 3.8) is 0 Å². The maximum absolute atomic E-state index is 11.8. The lowest BCUT2D eigenvalue weighted by Gasteiger charge is -2.20. The SMILES string of the molecule is [CH2+]C(C)(C)OC(=O)NC1(c2ccc(Br)cc2)CC1. The summed E-state index contributed by atoms with van der Waals surface area (Å²) in [6, 6.07) is 8.00. The van der Waals surface area contributed by atoms with Gasteiger partial charge in [-0.15, -0.1) is 0 Å². The Morgan fingerprint density at radius 1 is 1.39 bits per heavy atom. The molecule has 0 spiro atoms. The van der Waals surface area contributed by atoms with E-state index in [9.17, 15) is 4.79 Å². The first-order valence-corrected chi connectivity index (χ1v) is 6.73. The molecule has 1 fully saturated rings. The second kappa shape index (κ2) is 4.50. The van der Waals surface area contributed by atoms with Gasteiger partial charge in [-0.3, -0.25) is 0 Å². The number of rotatable bonds is 3. The number of amides is 1. The van der Waals surface area contributed by atoms with E-state index in [2.05, 4.69) is 28.2 Å². The van der Waals surface area contributed by atoms with E-state index in [1.165, 1.54) is 0 Å². The molecule has 96 valence electrons. The highest BCUT2D eigenvalue weighted by Gasteiger charge is 2.46. The van der Waals surface area contributed by atoms with E-state index in [4.69, 9.17) is 4.74 Å². The van der Waals surface area contributed by atoms with Crippen LogP contribution >= 0.6 is 15.9 Å². The molecule has 1 aliphatic rings. The van der Waals surface area contributed by atoms with Crippen LogP contribution in [0.25, 0.3) is 0 Å². The summed E-state index contributed by atoms with van der Waals surface area (Å²) in [7, 11) is 0. The Kier molecular flexibility index (Phi) is 3.32. The molecule has 0 atom stereocenters. The second-order valence-electron chi connectivity index (χ2n) is 5.36. The van der Waals surface area contributed by atoms with E-state index in [1.54, 1.807) is 13.8 Å². The van der Waals surface area contributed by atoms with E-state index in [-0.39, 0.29) is 5.54 Å². The van der Waals surface area contributed by atoms with Gasteiger partial charge in [0.25, 0.3) is 0 Å². The molecular weight excluding hydrogens is 294 g/mol. The highest BCUT2D eigenvalue weighted by molar-refractivity contribution is 9.10. The molecule has 0 saturated heterocycles. The zero-order valence-corrected chi connectivity index (χ0v) is 12.2. The third kappa shape index (κ3) is 3.19. The summed E-state index contributed by atoms with van der Waals surface area (Å²) in [6.07, 6.45) is 1.48. The summed E-state index contributed by atoms with van der Waals surface area (Å²) in [5.74, 6) is 0. The van der Waals surface area contributed by atoms with E-state index >= 15 is 0 Å². The van der Waals surface area contributed by atoms with Gasteiger partial charge in [0.2, 0.25) is 5.60 Å². The lowest BCUT2D eigenvalue weighted by Crippen LogP contribution is -2.39. The number of alkyl carbamates (subject to hydrolysis) is 1. The lowest BCUT2D eigenvalue weighted by molar-refractivity contribution is 0.0667. The molecule has 1 saturated carbocycles. The van der Waals surface area contributed by atoms with Crippen molar-refractivity contribution >= 4 is 22.0 Å². The number of carbonyl (C=O) groups excluding carboxylic acids is 1. The summed E-state index contributed by atoms with van der Waals surface area (Å²) in [5, 5.41) is 2.94. The van der Waals surface area contributed by atoms with Crippen LogP contribution in [0.2, 0.25) is 0 Å². The van der Waals surface area contributed by atoms with Gasteiger partial charge in [0.15, 0.2) is 0 Å². The fourth-order valence-electron chi connectivity index (χ4n) is 1.85. The van der Waals surface area contributed by atoms with E-state index < -0.39 is 11.7 Å². The Labute approximate surface area is 116 Å². The van der Waals surface area contributed by atoms with Crippen LogP contribution in [0.4, 0.5) is 4.79 Å². The predicted octanol–water partition coefficient (Wildman–Crippen LogP) is 3.78. The number of nitrogens with one attached hydrogen (secondary N) is 1. The normalized spacial score (nSPS) is 17.1. The zero-order chi connectivity index (χ0) is 13.4. The molecule has 0 unspecified atom stereocenters. The van der Waals surface area contributed by atoms with Crippen molar-refractivity contribution in [3.05, 3.63) is 41.2 Å². The van der Waals surface area contributed by atoms with Crippen molar-refractivity contribution in [3.8, 4) is 0 Å². The van der Waals surface area contributed by atoms with Crippen LogP contribution in [-0.4, -0.2) is 11.7 Å². The van der Waals surface area contributed by atoms with Crippen LogP contribution in [-0.2, 0) is 10.3 Å². The topological polar surface area (TPSA) is 38.3 Å². The van der Waals surface area contributed by atoms with Crippen LogP contribution in [0.5, 0.6) is 0 Å². The quantitative estimate of drug-likeness (QED) is 0.863. The van der Waals surface area contributed by atoms with Gasteiger partial charge in [-0.2, -0.15) is 0 Å². The second-order valence-corrected chi connectivity index (χ2v) is 6.28. The molecule has 0 heterocycles. The van der Waals surface area contributed by atoms with E-state index in [0.717, 1.165) is 22.9 Å². The Hall–Kier alpha value is -1.16. The largest absolute Gasteiger partial charge is 0.411 e. The monoisotopic (exact) mass is 310 g/mol. The van der Waals surface area contributed by atoms with Gasteiger partial charge >= 0.3 is 6.09 Å². The summed E-state index contributed by atoms with van der Waals surface area (Å²) >= 11 is 3.40. The van der Waals surface area contributed by atoms with E-state index in [0.29, 0.717) is 0 Å². The molecule has 2 rings (SSSR count). The molecule has 1 aromatic rings. The molecule has 3 nitrogen and oxygen atoms in total. The molecule has 18 heavy (non-hydrogen) atoms. The number of hydrogen-bond acceptors (Lipinski definition) is 2. The number of halogens is 1. The Morgan fingerprint density at radius 2 is 1.94 bits per heavy atom. The van der Waals surface area contributed by atoms with Gasteiger partial charge in [0.05, 0.1) is 5.54 Å². The molecular formula is C14H17BrNO2+. The minimum absolute atomic E-state index is 0.247. The molecule has 0 radical (unpaired) electrons. The molecule has 1 N–H and O–H groups in total. The van der Waals surface area contributed by atoms with Gasteiger partial charge < -0.3 is 10.1 Å². The average Bonchev–Trinajstić information content (AvgIpc) is 2.96. The van der Waals surface area contributed by atoms with Gasteiger partial charge in [-0.1, -0.05) is 28.1 Å². The van der Waals surface area contributed by atoms with Gasteiger partial charge in [-0.05, 0) is 30.5 Å². The minimum atomic E-state index is -0.708. The third-order valence-corrected chi connectivity index (χ3v) is 3.39. The first-order chi connectivity index (χ1) is 8.31. The molecule has 1 aliphatic carbocycles. The molecule has 0 bridgehead atoms. The third-order valence-electron chi connectivity index (χ3n) is 2.86. The predicted molar refractivity (Wildman–Crippen MR) is 74.1 cm³/mol. The number of benzene rings is 1. The minimum Gasteiger partial charge on any atom is -0.403 e. The molecule has 1 amide bonds. The molecule has 1 aromatic carbocycles. The highest BCUT2D eigenvalue weighted by Crippen LogP contribution is 2.45. The van der Waals surface area contributed by atoms with Gasteiger partial charge in [0.1, 0.15) is 6.92 Å². The highest BCUT2D eigenvalue weighted by atomic mass is 79.9. The fraction of sp³-hybridized carbons (Fsp3) is 0.429. The molecule has 0 aliphatic heterocycles. The number of hydrogen-bond donors (Lipinski definition) is 1. The first kappa shape index (κ1) is 13.3. The number of ether oxygens (including phenoxy) is 1. The van der Waals surface area contributed by atoms with Gasteiger partial charge in [-0.25, -0.2) is 4.79 Å². The maximum atomic E-state index is 11.8. The standard InChI is InChI=1S/C14H16BrNO2/c1-13(2,3)18-12(17)16-14(8-9-14)10-4-6-11(15)7-5-10/h4-7H,1,8-9H2,2-3H3/p+1. The summed E-state index contributed by atoms with van der Waals surface area (Å²) in [4.78, 5) is 11.8. The molecule has 0 aromatic heterocycles. The summed E-state index contributed by atoms with van der Waals surface area (Å²) < 4.78 is 6.22. The van der Waals surface area contributed by atoms with Crippen LogP contribution in [0.15, 0.2) is 28.7 Å². The van der Waals surface area contributed by atoms with E-state index in [1.807, 2.05) is 24.3 Å². The fourth-order valence-corrected chi connectivity index (χ4v) is 2.12. The van der Waals surface area contributed by atoms with Crippen molar-refractivity contribution in [1.82, 2.24) is 5.32 Å². The van der Waals surface area contributed by atoms with Crippen molar-refractivity contribution < 1.29 is 9.53 Å². The van der Waals surface area contributed by atoms with Crippen LogP contribution in [0, 0.1) is 6.92 Å². The summed E-state index contributed by atoms with van der Waals surface area (Å²) in [6.45, 7) is 7.27. The van der Waals surface area contributed by atoms with Crippen molar-refractivity contribution in [1.29, 1.82) is 0 Å². The molecule has 4 heteroatoms. The summed E-state index contributed by atoms with van der Waals surface area (Å²) in [5.41, 5.74) is 0.160.